The normalized spacial score (nSPS) is 13.1. The minimum Gasteiger partial charge on any atom is -0.206 e. The Morgan fingerprint density at radius 3 is 0.638 bits per heavy atom. The van der Waals surface area contributed by atoms with Crippen LogP contribution >= 0.6 is 20.6 Å². The van der Waals surface area contributed by atoms with E-state index in [4.69, 9.17) is 7.26 Å². The molecule has 47 heavy (non-hydrogen) atoms. The summed E-state index contributed by atoms with van der Waals surface area (Å²) >= 11 is 0. The van der Waals surface area contributed by atoms with Crippen molar-refractivity contribution in [3.8, 4) is 0 Å². The molecule has 0 fully saturated rings. The zero-order valence-electron chi connectivity index (χ0n) is 25.1. The average molecular weight is 701 g/mol. The number of benzene rings is 6. The van der Waals surface area contributed by atoms with Crippen LogP contribution in [-0.4, -0.2) is 21.9 Å². The smallest absolute Gasteiger partial charge is 0.206 e. The van der Waals surface area contributed by atoms with Crippen LogP contribution in [-0.2, 0) is 27.5 Å². The fourth-order valence-electron chi connectivity index (χ4n) is 5.25. The van der Waals surface area contributed by atoms with Gasteiger partial charge in [0.25, 0.3) is 20.2 Å². The fourth-order valence-corrected chi connectivity index (χ4v) is 16.9. The second-order valence-electron chi connectivity index (χ2n) is 10.4. The first-order chi connectivity index (χ1) is 22.8. The van der Waals surface area contributed by atoms with Gasteiger partial charge in [0.15, 0.2) is 0 Å². The lowest BCUT2D eigenvalue weighted by Gasteiger charge is -2.40. The van der Waals surface area contributed by atoms with Crippen molar-refractivity contribution in [2.45, 2.75) is 29.4 Å². The summed E-state index contributed by atoms with van der Waals surface area (Å²) in [6.45, 7) is 0. The van der Waals surface area contributed by atoms with Gasteiger partial charge < -0.3 is 0 Å². The van der Waals surface area contributed by atoms with E-state index in [2.05, 4.69) is 0 Å². The molecule has 0 amide bonds. The highest BCUT2D eigenvalue weighted by molar-refractivity contribution is 8.35. The molecular weight excluding hydrogens is 669 g/mol. The van der Waals surface area contributed by atoms with Crippen LogP contribution in [0.3, 0.4) is 0 Å². The molecule has 6 rings (SSSR count). The van der Waals surface area contributed by atoms with Crippen molar-refractivity contribution in [1.29, 1.82) is 0 Å². The highest BCUT2D eigenvalue weighted by atomic mass is 32.3. The van der Waals surface area contributed by atoms with Crippen LogP contribution in [0.25, 0.3) is 0 Å². The third-order valence-electron chi connectivity index (χ3n) is 7.15. The summed E-state index contributed by atoms with van der Waals surface area (Å²) in [7, 11) is -15.6. The first-order valence-electron chi connectivity index (χ1n) is 14.6. The molecule has 0 spiro atoms. The van der Waals surface area contributed by atoms with Gasteiger partial charge in [-0.3, -0.25) is 0 Å². The van der Waals surface area contributed by atoms with Crippen molar-refractivity contribution in [1.82, 2.24) is 0 Å². The molecule has 0 aliphatic carbocycles. The molecule has 10 heteroatoms. The highest BCUT2D eigenvalue weighted by Crippen LogP contribution is 2.71. The predicted octanol–water partition coefficient (Wildman–Crippen LogP) is 9.43. The van der Waals surface area contributed by atoms with Crippen LogP contribution in [0.15, 0.2) is 211 Å². The standard InChI is InChI=1S/C37H32O6S4/c38-44(39,42-46(32-19-7-1-8-20-32,33-21-9-2-10-22-33)34-23-11-3-12-24-34)31-45(40,41)43-47(35-25-13-4-14-26-35,36-27-15-5-16-28-36)37-29-17-6-18-30-37/h1-30H,31H2. The van der Waals surface area contributed by atoms with Crippen molar-refractivity contribution in [3.05, 3.63) is 182 Å². The lowest BCUT2D eigenvalue weighted by Crippen LogP contribution is -2.24. The maximum absolute atomic E-state index is 14.2. The van der Waals surface area contributed by atoms with E-state index < -0.39 is 45.9 Å². The molecule has 0 radical (unpaired) electrons. The van der Waals surface area contributed by atoms with Crippen molar-refractivity contribution in [2.24, 2.45) is 0 Å². The number of hydrogen-bond donors (Lipinski definition) is 0. The monoisotopic (exact) mass is 700 g/mol. The first kappa shape index (κ1) is 32.8. The van der Waals surface area contributed by atoms with Gasteiger partial charge in [0.2, 0.25) is 5.08 Å². The molecule has 6 aromatic rings. The second-order valence-corrected chi connectivity index (χ2v) is 19.7. The van der Waals surface area contributed by atoms with Crippen molar-refractivity contribution >= 4 is 40.9 Å². The van der Waals surface area contributed by atoms with Gasteiger partial charge in [0.05, 0.1) is 0 Å². The SMILES string of the molecule is O=S(=O)(CS(=O)(=O)OS(c1ccccc1)(c1ccccc1)c1ccccc1)OS(c1ccccc1)(c1ccccc1)c1ccccc1. The lowest BCUT2D eigenvalue weighted by atomic mass is 10.4. The molecule has 0 atom stereocenters. The summed E-state index contributed by atoms with van der Waals surface area (Å²) in [5.74, 6) is 0. The average Bonchev–Trinajstić information content (AvgIpc) is 3.11. The van der Waals surface area contributed by atoms with Gasteiger partial charge in [-0.25, -0.2) is 7.26 Å². The topological polar surface area (TPSA) is 86.7 Å². The molecule has 0 saturated carbocycles. The maximum Gasteiger partial charge on any atom is 0.294 e. The number of hydrogen-bond acceptors (Lipinski definition) is 6. The lowest BCUT2D eigenvalue weighted by molar-refractivity contribution is 0.497. The molecular formula is C37H32O6S4. The molecule has 0 heterocycles. The Morgan fingerprint density at radius 1 is 0.298 bits per heavy atom. The van der Waals surface area contributed by atoms with Gasteiger partial charge in [0, 0.05) is 29.4 Å². The second kappa shape index (κ2) is 13.9. The predicted molar refractivity (Wildman–Crippen MR) is 188 cm³/mol. The van der Waals surface area contributed by atoms with Gasteiger partial charge in [-0.1, -0.05) is 109 Å². The minimum atomic E-state index is -4.82. The van der Waals surface area contributed by atoms with Crippen LogP contribution in [0, 0.1) is 0 Å². The Balaban J connectivity index is 1.48. The van der Waals surface area contributed by atoms with Crippen molar-refractivity contribution < 1.29 is 24.1 Å². The Morgan fingerprint density at radius 2 is 0.468 bits per heavy atom. The van der Waals surface area contributed by atoms with Crippen LogP contribution < -0.4 is 0 Å². The van der Waals surface area contributed by atoms with E-state index in [9.17, 15) is 16.8 Å². The van der Waals surface area contributed by atoms with Crippen molar-refractivity contribution in [2.75, 3.05) is 5.08 Å². The third-order valence-corrected chi connectivity index (χ3v) is 18.4. The van der Waals surface area contributed by atoms with E-state index in [1.165, 1.54) is 0 Å². The molecule has 0 aromatic heterocycles. The van der Waals surface area contributed by atoms with Crippen LogP contribution in [0.1, 0.15) is 0 Å². The largest absolute Gasteiger partial charge is 0.294 e. The Kier molecular flexibility index (Phi) is 9.70. The molecule has 240 valence electrons. The van der Waals surface area contributed by atoms with Gasteiger partial charge in [0.1, 0.15) is 0 Å². The molecule has 0 bridgehead atoms. The summed E-state index contributed by atoms with van der Waals surface area (Å²) < 4.78 is 69.4. The van der Waals surface area contributed by atoms with Crippen LogP contribution in [0.4, 0.5) is 0 Å². The van der Waals surface area contributed by atoms with Crippen LogP contribution in [0.2, 0.25) is 0 Å². The van der Waals surface area contributed by atoms with E-state index >= 15 is 0 Å². The van der Waals surface area contributed by atoms with E-state index in [-0.39, 0.29) is 0 Å². The maximum atomic E-state index is 14.2. The van der Waals surface area contributed by atoms with Gasteiger partial charge >= 0.3 is 0 Å². The third kappa shape index (κ3) is 6.94. The van der Waals surface area contributed by atoms with E-state index in [1.807, 2.05) is 36.4 Å². The molecule has 0 unspecified atom stereocenters. The van der Waals surface area contributed by atoms with Gasteiger partial charge in [-0.2, -0.15) is 16.8 Å². The van der Waals surface area contributed by atoms with Crippen LogP contribution in [0.5, 0.6) is 0 Å². The zero-order valence-corrected chi connectivity index (χ0v) is 28.4. The molecule has 6 nitrogen and oxygen atoms in total. The molecule has 0 aliphatic heterocycles. The van der Waals surface area contributed by atoms with Gasteiger partial charge in [-0.05, 0) is 93.4 Å². The molecule has 6 aromatic carbocycles. The summed E-state index contributed by atoms with van der Waals surface area (Å²) in [6, 6.07) is 54.2. The fraction of sp³-hybridized carbons (Fsp3) is 0.0270. The quantitative estimate of drug-likeness (QED) is 0.126. The zero-order chi connectivity index (χ0) is 32.8. The molecule has 0 saturated heterocycles. The highest BCUT2D eigenvalue weighted by Gasteiger charge is 2.43. The minimum absolute atomic E-state index is 0.595. The summed E-state index contributed by atoms with van der Waals surface area (Å²) in [4.78, 5) is 3.57. The summed E-state index contributed by atoms with van der Waals surface area (Å²) in [5.41, 5.74) is 0. The van der Waals surface area contributed by atoms with E-state index in [0.717, 1.165) is 0 Å². The summed E-state index contributed by atoms with van der Waals surface area (Å²) in [5, 5.41) is -1.40. The Hall–Kier alpha value is -4.16. The first-order valence-corrected chi connectivity index (χ1v) is 20.9. The summed E-state index contributed by atoms with van der Waals surface area (Å²) in [6.07, 6.45) is 0. The Labute approximate surface area is 280 Å². The van der Waals surface area contributed by atoms with Crippen molar-refractivity contribution in [3.63, 3.8) is 0 Å². The Bertz CT molecular complexity index is 1770. The van der Waals surface area contributed by atoms with E-state index in [0.29, 0.717) is 29.4 Å². The van der Waals surface area contributed by atoms with E-state index in [1.54, 1.807) is 146 Å². The van der Waals surface area contributed by atoms with Gasteiger partial charge in [-0.15, -0.1) is 0 Å². The molecule has 0 aliphatic rings. The number of rotatable bonds is 12. The molecule has 0 N–H and O–H groups in total.